The van der Waals surface area contributed by atoms with Crippen molar-refractivity contribution in [1.82, 2.24) is 4.90 Å². The first-order valence-electron chi connectivity index (χ1n) is 5.85. The molecule has 0 aromatic rings. The van der Waals surface area contributed by atoms with Gasteiger partial charge in [-0.3, -0.25) is 14.5 Å². The molecule has 1 fully saturated rings. The van der Waals surface area contributed by atoms with Gasteiger partial charge in [0.2, 0.25) is 11.8 Å². The van der Waals surface area contributed by atoms with E-state index in [1.54, 1.807) is 13.0 Å². The molecule has 0 aromatic heterocycles. The maximum Gasteiger partial charge on any atom is 0.333 e. The molecule has 100 valence electrons. The molecule has 5 nitrogen and oxygen atoms in total. The van der Waals surface area contributed by atoms with Crippen LogP contribution in [0.1, 0.15) is 33.6 Å². The Morgan fingerprint density at radius 3 is 2.28 bits per heavy atom. The lowest BCUT2D eigenvalue weighted by molar-refractivity contribution is -0.151. The molecule has 0 bridgehead atoms. The highest BCUT2D eigenvalue weighted by Crippen LogP contribution is 2.31. The van der Waals surface area contributed by atoms with Crippen molar-refractivity contribution in [3.05, 3.63) is 11.6 Å². The first-order valence-corrected chi connectivity index (χ1v) is 5.85. The van der Waals surface area contributed by atoms with Gasteiger partial charge >= 0.3 is 5.97 Å². The molecule has 0 atom stereocenters. The zero-order valence-electron chi connectivity index (χ0n) is 11.3. The monoisotopic (exact) mass is 253 g/mol. The summed E-state index contributed by atoms with van der Waals surface area (Å²) in [6.07, 6.45) is 2.24. The van der Waals surface area contributed by atoms with Crippen molar-refractivity contribution in [3.63, 3.8) is 0 Å². The first-order chi connectivity index (χ1) is 8.26. The number of likely N-dealkylation sites (tertiary alicyclic amines) is 1. The fourth-order valence-corrected chi connectivity index (χ4v) is 1.89. The molecule has 0 spiro atoms. The van der Waals surface area contributed by atoms with Crippen LogP contribution in [0.5, 0.6) is 0 Å². The third kappa shape index (κ3) is 3.42. The number of esters is 1. The lowest BCUT2D eigenvalue weighted by Gasteiger charge is -2.34. The molecule has 0 saturated carbocycles. The van der Waals surface area contributed by atoms with Crippen LogP contribution in [0.3, 0.4) is 0 Å². The summed E-state index contributed by atoms with van der Waals surface area (Å²) in [5.41, 5.74) is 0.120. The maximum atomic E-state index is 11.8. The Bertz CT molecular complexity index is 389. The number of ether oxygens (including phenoxy) is 1. The van der Waals surface area contributed by atoms with Crippen molar-refractivity contribution >= 4 is 17.8 Å². The second-order valence-corrected chi connectivity index (χ2v) is 5.29. The summed E-state index contributed by atoms with van der Waals surface area (Å²) in [5, 5.41) is 0. The summed E-state index contributed by atoms with van der Waals surface area (Å²) in [6.45, 7) is 5.52. The van der Waals surface area contributed by atoms with E-state index >= 15 is 0 Å². The van der Waals surface area contributed by atoms with Crippen LogP contribution in [0, 0.1) is 5.41 Å². The van der Waals surface area contributed by atoms with Crippen LogP contribution >= 0.6 is 0 Å². The third-order valence-electron chi connectivity index (χ3n) is 2.95. The van der Waals surface area contributed by atoms with Crippen molar-refractivity contribution in [1.29, 1.82) is 0 Å². The minimum atomic E-state index is -0.452. The number of methoxy groups -OCH3 is 1. The predicted octanol–water partition coefficient (Wildman–Crippen LogP) is 1.28. The second-order valence-electron chi connectivity index (χ2n) is 5.29. The average molecular weight is 253 g/mol. The van der Waals surface area contributed by atoms with E-state index in [4.69, 9.17) is 0 Å². The minimum Gasteiger partial charge on any atom is -0.466 e. The molecule has 5 heteroatoms. The summed E-state index contributed by atoms with van der Waals surface area (Å²) in [4.78, 5) is 36.0. The van der Waals surface area contributed by atoms with Crippen LogP contribution in [0.25, 0.3) is 0 Å². The summed E-state index contributed by atoms with van der Waals surface area (Å²) in [5.74, 6) is -0.831. The van der Waals surface area contributed by atoms with E-state index in [2.05, 4.69) is 4.74 Å². The van der Waals surface area contributed by atoms with Gasteiger partial charge in [0, 0.05) is 25.0 Å². The Morgan fingerprint density at radius 1 is 1.33 bits per heavy atom. The standard InChI is InChI=1S/C13H19NO4/c1-9(12(17)18-4)5-6-14-10(15)7-13(2,3)8-11(14)16/h5H,6-8H2,1-4H3. The average Bonchev–Trinajstić information content (AvgIpc) is 2.24. The molecule has 1 heterocycles. The van der Waals surface area contributed by atoms with Crippen molar-refractivity contribution in [2.24, 2.45) is 5.41 Å². The Balaban J connectivity index is 2.71. The molecule has 18 heavy (non-hydrogen) atoms. The molecule has 0 aliphatic carbocycles. The minimum absolute atomic E-state index is 0.134. The van der Waals surface area contributed by atoms with Gasteiger partial charge < -0.3 is 4.74 Å². The Morgan fingerprint density at radius 2 is 1.83 bits per heavy atom. The smallest absolute Gasteiger partial charge is 0.333 e. The summed E-state index contributed by atoms with van der Waals surface area (Å²) >= 11 is 0. The Kier molecular flexibility index (Phi) is 4.27. The summed E-state index contributed by atoms with van der Waals surface area (Å²) < 4.78 is 4.54. The van der Waals surface area contributed by atoms with Gasteiger partial charge in [-0.1, -0.05) is 19.9 Å². The van der Waals surface area contributed by atoms with Crippen LogP contribution in [0.15, 0.2) is 11.6 Å². The SMILES string of the molecule is COC(=O)C(C)=CCN1C(=O)CC(C)(C)CC1=O. The zero-order chi connectivity index (χ0) is 13.9. The van der Waals surface area contributed by atoms with E-state index in [0.29, 0.717) is 18.4 Å². The number of imide groups is 1. The molecule has 0 aromatic carbocycles. The molecule has 0 unspecified atom stereocenters. The van der Waals surface area contributed by atoms with Gasteiger partial charge in [-0.05, 0) is 12.3 Å². The largest absolute Gasteiger partial charge is 0.466 e. The van der Waals surface area contributed by atoms with E-state index in [1.165, 1.54) is 12.0 Å². The molecular weight excluding hydrogens is 234 g/mol. The molecule has 1 saturated heterocycles. The van der Waals surface area contributed by atoms with E-state index in [1.807, 2.05) is 13.8 Å². The fourth-order valence-electron chi connectivity index (χ4n) is 1.89. The topological polar surface area (TPSA) is 63.7 Å². The highest BCUT2D eigenvalue weighted by atomic mass is 16.5. The number of carbonyl (C=O) groups excluding carboxylic acids is 3. The summed E-state index contributed by atoms with van der Waals surface area (Å²) in [6, 6.07) is 0. The van der Waals surface area contributed by atoms with E-state index in [0.717, 1.165) is 0 Å². The lowest BCUT2D eigenvalue weighted by atomic mass is 9.82. The first kappa shape index (κ1) is 14.4. The Labute approximate surface area is 107 Å². The fraction of sp³-hybridized carbons (Fsp3) is 0.615. The van der Waals surface area contributed by atoms with Gasteiger partial charge in [-0.25, -0.2) is 4.79 Å². The molecular formula is C13H19NO4. The quantitative estimate of drug-likeness (QED) is 0.432. The van der Waals surface area contributed by atoms with E-state index in [9.17, 15) is 14.4 Å². The third-order valence-corrected chi connectivity index (χ3v) is 2.95. The zero-order valence-corrected chi connectivity index (χ0v) is 11.3. The Hall–Kier alpha value is -1.65. The maximum absolute atomic E-state index is 11.8. The van der Waals surface area contributed by atoms with Gasteiger partial charge in [-0.2, -0.15) is 0 Å². The van der Waals surface area contributed by atoms with Crippen LogP contribution in [0.4, 0.5) is 0 Å². The second kappa shape index (κ2) is 5.33. The highest BCUT2D eigenvalue weighted by molar-refractivity contribution is 5.98. The predicted molar refractivity (Wildman–Crippen MR) is 65.5 cm³/mol. The van der Waals surface area contributed by atoms with Crippen LogP contribution in [0.2, 0.25) is 0 Å². The number of carbonyl (C=O) groups is 3. The van der Waals surface area contributed by atoms with Gasteiger partial charge in [0.1, 0.15) is 0 Å². The van der Waals surface area contributed by atoms with Gasteiger partial charge in [0.15, 0.2) is 0 Å². The van der Waals surface area contributed by atoms with Gasteiger partial charge in [0.25, 0.3) is 0 Å². The molecule has 1 aliphatic rings. The lowest BCUT2D eigenvalue weighted by Crippen LogP contribution is -2.46. The van der Waals surface area contributed by atoms with Crippen LogP contribution in [-0.4, -0.2) is 36.3 Å². The number of hydrogen-bond donors (Lipinski definition) is 0. The number of amides is 2. The van der Waals surface area contributed by atoms with Gasteiger partial charge in [-0.15, -0.1) is 0 Å². The van der Waals surface area contributed by atoms with Crippen LogP contribution in [-0.2, 0) is 19.1 Å². The van der Waals surface area contributed by atoms with Crippen LogP contribution < -0.4 is 0 Å². The number of hydrogen-bond acceptors (Lipinski definition) is 4. The molecule has 1 aliphatic heterocycles. The van der Waals surface area contributed by atoms with Crippen molar-refractivity contribution in [2.45, 2.75) is 33.6 Å². The molecule has 1 rings (SSSR count). The van der Waals surface area contributed by atoms with Gasteiger partial charge in [0.05, 0.1) is 7.11 Å². The van der Waals surface area contributed by atoms with Crippen molar-refractivity contribution in [2.75, 3.05) is 13.7 Å². The normalized spacial score (nSPS) is 20.0. The van der Waals surface area contributed by atoms with E-state index < -0.39 is 5.97 Å². The van der Waals surface area contributed by atoms with Crippen molar-refractivity contribution < 1.29 is 19.1 Å². The van der Waals surface area contributed by atoms with E-state index in [-0.39, 0.29) is 23.8 Å². The summed E-state index contributed by atoms with van der Waals surface area (Å²) in [7, 11) is 1.29. The molecule has 2 amide bonds. The van der Waals surface area contributed by atoms with Crippen molar-refractivity contribution in [3.8, 4) is 0 Å². The highest BCUT2D eigenvalue weighted by Gasteiger charge is 2.36. The number of piperidine rings is 1. The molecule has 0 N–H and O–H groups in total. The number of nitrogens with zero attached hydrogens (tertiary/aromatic N) is 1. The molecule has 0 radical (unpaired) electrons. The number of rotatable bonds is 3.